The smallest absolute Gasteiger partial charge is 0.00142 e. The SMILES string of the molecule is CC(C)CS.CC(C)S.CCC(C)S.CCCCS.CCCS.CCS.CS. The van der Waals surface area contributed by atoms with Gasteiger partial charge in [-0.1, -0.05) is 68.7 Å². The maximum Gasteiger partial charge on any atom is -0.00142 e. The zero-order valence-corrected chi connectivity index (χ0v) is 26.8. The van der Waals surface area contributed by atoms with Gasteiger partial charge in [0.2, 0.25) is 0 Å². The highest BCUT2D eigenvalue weighted by Gasteiger charge is 1.81. The Bertz CT molecular complexity index is 141. The van der Waals surface area contributed by atoms with E-state index in [0.29, 0.717) is 10.5 Å². The van der Waals surface area contributed by atoms with E-state index in [1.165, 1.54) is 25.7 Å². The molecule has 0 rings (SSSR count). The molecule has 0 aromatic carbocycles. The summed E-state index contributed by atoms with van der Waals surface area (Å²) < 4.78 is 0. The van der Waals surface area contributed by atoms with E-state index >= 15 is 0 Å². The minimum atomic E-state index is 0.528. The van der Waals surface area contributed by atoms with Gasteiger partial charge in [0.05, 0.1) is 0 Å². The van der Waals surface area contributed by atoms with Gasteiger partial charge in [0.15, 0.2) is 0 Å². The van der Waals surface area contributed by atoms with Crippen molar-refractivity contribution in [1.29, 1.82) is 0 Å². The zero-order valence-electron chi connectivity index (χ0n) is 20.5. The molecule has 0 fully saturated rings. The van der Waals surface area contributed by atoms with E-state index in [2.05, 4.69) is 130 Å². The second kappa shape index (κ2) is 63.0. The van der Waals surface area contributed by atoms with Gasteiger partial charge in [-0.2, -0.15) is 88.4 Å². The topological polar surface area (TPSA) is 0 Å². The predicted octanol–water partition coefficient (Wildman–Crippen LogP) is 9.14. The normalized spacial score (nSPS) is 9.11. The van der Waals surface area contributed by atoms with Gasteiger partial charge in [-0.25, -0.2) is 0 Å². The Balaban J connectivity index is -0.0000000374. The molecule has 1 atom stereocenters. The summed E-state index contributed by atoms with van der Waals surface area (Å²) in [5.41, 5.74) is 0. The van der Waals surface area contributed by atoms with E-state index in [9.17, 15) is 0 Å². The van der Waals surface area contributed by atoms with Crippen LogP contribution < -0.4 is 0 Å². The van der Waals surface area contributed by atoms with Gasteiger partial charge < -0.3 is 0 Å². The van der Waals surface area contributed by atoms with Crippen molar-refractivity contribution >= 4 is 88.4 Å². The Morgan fingerprint density at radius 2 is 0.857 bits per heavy atom. The molecule has 0 aliphatic heterocycles. The lowest BCUT2D eigenvalue weighted by Gasteiger charge is -1.89. The van der Waals surface area contributed by atoms with Crippen LogP contribution in [0.4, 0.5) is 0 Å². The van der Waals surface area contributed by atoms with Crippen molar-refractivity contribution in [3.63, 3.8) is 0 Å². The summed E-state index contributed by atoms with van der Waals surface area (Å²) in [5.74, 6) is 4.74. The van der Waals surface area contributed by atoms with Crippen LogP contribution in [0.15, 0.2) is 0 Å². The van der Waals surface area contributed by atoms with Crippen molar-refractivity contribution in [2.24, 2.45) is 5.92 Å². The van der Waals surface area contributed by atoms with Crippen LogP contribution in [-0.2, 0) is 0 Å². The fourth-order valence-corrected chi connectivity index (χ4v) is 0.474. The van der Waals surface area contributed by atoms with Gasteiger partial charge in [-0.05, 0) is 64.9 Å². The van der Waals surface area contributed by atoms with Gasteiger partial charge in [0.1, 0.15) is 0 Å². The molecule has 182 valence electrons. The first-order valence-corrected chi connectivity index (χ1v) is 14.7. The summed E-state index contributed by atoms with van der Waals surface area (Å²) >= 11 is 27.3. The van der Waals surface area contributed by atoms with E-state index in [-0.39, 0.29) is 0 Å². The highest BCUT2D eigenvalue weighted by molar-refractivity contribution is 7.81. The van der Waals surface area contributed by atoms with E-state index in [1.54, 1.807) is 6.26 Å². The zero-order chi connectivity index (χ0) is 24.4. The highest BCUT2D eigenvalue weighted by atomic mass is 32.1. The van der Waals surface area contributed by atoms with E-state index in [0.717, 1.165) is 28.9 Å². The molecule has 1 unspecified atom stereocenters. The largest absolute Gasteiger partial charge is 0.183 e. The maximum atomic E-state index is 4.10. The summed E-state index contributed by atoms with van der Waals surface area (Å²) in [6, 6.07) is 0. The average Bonchev–Trinajstić information content (AvgIpc) is 2.65. The summed E-state index contributed by atoms with van der Waals surface area (Å²) in [7, 11) is 0. The molecule has 7 heteroatoms. The standard InChI is InChI=1S/3C4H10S.2C3H8S.C2H6S.CH4S/c1-4(2)3-5;1-3-4(2)5;1-2-3-4-5;1-3(2)4;1-2-3-4;1-2-3;1-2/h2*4-5H,3H2,1-2H3;5H,2-4H2,1H3;3-4H,1-2H3;4H,2-3H2,1H3;3H,2H2,1H3;2H,1H3. The number of thiol groups is 7. The molecule has 0 heterocycles. The Morgan fingerprint density at radius 3 is 0.857 bits per heavy atom. The molecule has 28 heavy (non-hydrogen) atoms. The Labute approximate surface area is 220 Å². The molecule has 0 saturated carbocycles. The predicted molar refractivity (Wildman–Crippen MR) is 169 cm³/mol. The minimum absolute atomic E-state index is 0.528. The highest BCUT2D eigenvalue weighted by Crippen LogP contribution is 1.94. The molecule has 0 aliphatic rings. The van der Waals surface area contributed by atoms with E-state index < -0.39 is 0 Å². The van der Waals surface area contributed by atoms with Crippen molar-refractivity contribution < 1.29 is 0 Å². The van der Waals surface area contributed by atoms with Crippen molar-refractivity contribution in [1.82, 2.24) is 0 Å². The Kier molecular flexibility index (Phi) is 108. The first-order chi connectivity index (χ1) is 13.0. The lowest BCUT2D eigenvalue weighted by Crippen LogP contribution is -1.83. The molecule has 0 radical (unpaired) electrons. The molecule has 0 saturated heterocycles. The molecule has 0 aliphatic carbocycles. The average molecular weight is 533 g/mol. The molecule has 0 amide bonds. The lowest BCUT2D eigenvalue weighted by atomic mass is 10.3. The molecule has 0 aromatic rings. The number of unbranched alkanes of at least 4 members (excludes halogenated alkanes) is 1. The van der Waals surface area contributed by atoms with Gasteiger partial charge in [-0.15, -0.1) is 0 Å². The molecule has 0 N–H and O–H groups in total. The quantitative estimate of drug-likeness (QED) is 0.169. The summed E-state index contributed by atoms with van der Waals surface area (Å²) in [6.07, 6.45) is 6.57. The van der Waals surface area contributed by atoms with Gasteiger partial charge in [0, 0.05) is 0 Å². The minimum Gasteiger partial charge on any atom is -0.183 e. The van der Waals surface area contributed by atoms with Crippen LogP contribution in [0.3, 0.4) is 0 Å². The monoisotopic (exact) mass is 532 g/mol. The Hall–Kier alpha value is 2.45. The van der Waals surface area contributed by atoms with Crippen molar-refractivity contribution in [2.75, 3.05) is 29.3 Å². The molecule has 0 spiro atoms. The van der Waals surface area contributed by atoms with E-state index in [4.69, 9.17) is 0 Å². The van der Waals surface area contributed by atoms with Gasteiger partial charge in [0.25, 0.3) is 0 Å². The van der Waals surface area contributed by atoms with Crippen LogP contribution in [0.25, 0.3) is 0 Å². The third kappa shape index (κ3) is 240. The molecular formula is C21H56S7. The van der Waals surface area contributed by atoms with Crippen LogP contribution in [0.1, 0.15) is 88.0 Å². The second-order valence-corrected chi connectivity index (χ2v) is 9.85. The number of rotatable bonds is 5. The molecular weight excluding hydrogens is 477 g/mol. The maximum absolute atomic E-state index is 4.10. The van der Waals surface area contributed by atoms with Crippen LogP contribution in [0.5, 0.6) is 0 Å². The van der Waals surface area contributed by atoms with Gasteiger partial charge >= 0.3 is 0 Å². The fraction of sp³-hybridized carbons (Fsp3) is 1.00. The van der Waals surface area contributed by atoms with Crippen molar-refractivity contribution in [3.05, 3.63) is 0 Å². The third-order valence-corrected chi connectivity index (χ3v) is 3.55. The lowest BCUT2D eigenvalue weighted by molar-refractivity contribution is 0.753. The van der Waals surface area contributed by atoms with E-state index in [1.807, 2.05) is 20.8 Å². The number of hydrogen-bond donors (Lipinski definition) is 7. The summed E-state index contributed by atoms with van der Waals surface area (Å²) in [5, 5.41) is 1.11. The molecule has 0 bridgehead atoms. The van der Waals surface area contributed by atoms with Crippen molar-refractivity contribution in [2.45, 2.75) is 98.5 Å². The first-order valence-electron chi connectivity index (χ1n) is 10.3. The van der Waals surface area contributed by atoms with Crippen LogP contribution in [0, 0.1) is 5.92 Å². The van der Waals surface area contributed by atoms with Crippen LogP contribution in [-0.4, -0.2) is 39.8 Å². The number of hydrogen-bond acceptors (Lipinski definition) is 7. The van der Waals surface area contributed by atoms with Crippen LogP contribution in [0.2, 0.25) is 0 Å². The summed E-state index contributed by atoms with van der Waals surface area (Å²) in [6.45, 7) is 18.8. The fourth-order valence-electron chi connectivity index (χ4n) is 0.158. The Morgan fingerprint density at radius 1 is 0.643 bits per heavy atom. The second-order valence-electron chi connectivity index (χ2n) is 6.04. The first kappa shape index (κ1) is 48.0. The third-order valence-electron chi connectivity index (χ3n) is 1.69. The van der Waals surface area contributed by atoms with Gasteiger partial charge in [-0.3, -0.25) is 0 Å². The summed E-state index contributed by atoms with van der Waals surface area (Å²) in [4.78, 5) is 0. The van der Waals surface area contributed by atoms with Crippen molar-refractivity contribution in [3.8, 4) is 0 Å². The molecule has 0 nitrogen and oxygen atoms in total. The molecule has 0 aromatic heterocycles. The van der Waals surface area contributed by atoms with Crippen LogP contribution >= 0.6 is 88.4 Å².